The van der Waals surface area contributed by atoms with Crippen LogP contribution in [-0.4, -0.2) is 23.9 Å². The first-order chi connectivity index (χ1) is 7.58. The van der Waals surface area contributed by atoms with Gasteiger partial charge in [0.15, 0.2) is 11.5 Å². The van der Waals surface area contributed by atoms with Crippen molar-refractivity contribution in [3.05, 3.63) is 22.7 Å². The van der Waals surface area contributed by atoms with Crippen LogP contribution in [0.1, 0.15) is 5.56 Å². The number of fused-ring (bicyclic) bond motifs is 1. The predicted octanol–water partition coefficient (Wildman–Crippen LogP) is 1.02. The normalized spacial score (nSPS) is 14.9. The molecule has 6 heteroatoms. The van der Waals surface area contributed by atoms with Gasteiger partial charge in [-0.15, -0.1) is 0 Å². The van der Waals surface area contributed by atoms with E-state index in [1.807, 2.05) is 0 Å². The van der Waals surface area contributed by atoms with Crippen molar-refractivity contribution in [2.75, 3.05) is 6.79 Å². The molecular weight excluding hydrogens is 234 g/mol. The van der Waals surface area contributed by atoms with Crippen molar-refractivity contribution in [1.82, 2.24) is 0 Å². The highest BCUT2D eigenvalue weighted by atomic mass is 35.5. The number of ether oxygens (including phenoxy) is 2. The summed E-state index contributed by atoms with van der Waals surface area (Å²) in [6.07, 6.45) is 0.200. The van der Waals surface area contributed by atoms with Crippen LogP contribution in [0.5, 0.6) is 11.5 Å². The Morgan fingerprint density at radius 3 is 3.00 bits per heavy atom. The van der Waals surface area contributed by atoms with Crippen LogP contribution in [0, 0.1) is 0 Å². The number of hydrogen-bond donors (Lipinski definition) is 2. The van der Waals surface area contributed by atoms with Crippen LogP contribution >= 0.6 is 11.6 Å². The lowest BCUT2D eigenvalue weighted by Gasteiger charge is -2.08. The Hall–Kier alpha value is -1.46. The predicted molar refractivity (Wildman–Crippen MR) is 56.9 cm³/mol. The summed E-state index contributed by atoms with van der Waals surface area (Å²) in [7, 11) is 0. The zero-order valence-electron chi connectivity index (χ0n) is 8.27. The molecule has 5 nitrogen and oxygen atoms in total. The minimum absolute atomic E-state index is 0.128. The average molecular weight is 244 g/mol. The summed E-state index contributed by atoms with van der Waals surface area (Å²) in [4.78, 5) is 10.6. The lowest BCUT2D eigenvalue weighted by atomic mass is 10.1. The van der Waals surface area contributed by atoms with E-state index in [2.05, 4.69) is 0 Å². The molecule has 1 aliphatic heterocycles. The number of rotatable bonds is 3. The second kappa shape index (κ2) is 4.19. The SMILES string of the molecule is NC(Cc1cc(Cl)c2c(c1)OCO2)C(=O)O. The highest BCUT2D eigenvalue weighted by Gasteiger charge is 2.20. The monoisotopic (exact) mass is 243 g/mol. The molecule has 1 aliphatic rings. The molecule has 0 fully saturated rings. The topological polar surface area (TPSA) is 81.8 Å². The van der Waals surface area contributed by atoms with Crippen molar-refractivity contribution in [2.45, 2.75) is 12.5 Å². The number of aliphatic carboxylic acids is 1. The minimum atomic E-state index is -1.05. The lowest BCUT2D eigenvalue weighted by molar-refractivity contribution is -0.138. The van der Waals surface area contributed by atoms with Crippen LogP contribution in [0.15, 0.2) is 12.1 Å². The molecule has 3 N–H and O–H groups in total. The third-order valence-corrected chi connectivity index (χ3v) is 2.54. The summed E-state index contributed by atoms with van der Waals surface area (Å²) in [5.41, 5.74) is 6.14. The van der Waals surface area contributed by atoms with Gasteiger partial charge >= 0.3 is 5.97 Å². The maximum absolute atomic E-state index is 10.6. The largest absolute Gasteiger partial charge is 0.480 e. The van der Waals surface area contributed by atoms with E-state index in [0.29, 0.717) is 22.1 Å². The van der Waals surface area contributed by atoms with Gasteiger partial charge in [0, 0.05) is 0 Å². The molecule has 1 aromatic rings. The summed E-state index contributed by atoms with van der Waals surface area (Å²) >= 11 is 5.94. The molecule has 0 spiro atoms. The van der Waals surface area contributed by atoms with Crippen molar-refractivity contribution in [1.29, 1.82) is 0 Å². The van der Waals surface area contributed by atoms with E-state index in [9.17, 15) is 4.79 Å². The van der Waals surface area contributed by atoms with Crippen LogP contribution in [0.2, 0.25) is 5.02 Å². The Bertz CT molecular complexity index is 435. The summed E-state index contributed by atoms with van der Waals surface area (Å²) in [5.74, 6) is -0.0248. The molecule has 0 bridgehead atoms. The Labute approximate surface area is 96.7 Å². The molecule has 1 heterocycles. The molecule has 0 saturated carbocycles. The Kier molecular flexibility index (Phi) is 2.89. The van der Waals surface area contributed by atoms with Gasteiger partial charge in [-0.2, -0.15) is 0 Å². The second-order valence-corrected chi connectivity index (χ2v) is 3.87. The van der Waals surface area contributed by atoms with Crippen molar-refractivity contribution in [2.24, 2.45) is 5.73 Å². The van der Waals surface area contributed by atoms with Gasteiger partial charge in [-0.05, 0) is 24.1 Å². The number of carboxylic acids is 1. The van der Waals surface area contributed by atoms with E-state index in [0.717, 1.165) is 0 Å². The molecule has 0 saturated heterocycles. The number of nitrogens with two attached hydrogens (primary N) is 1. The first-order valence-corrected chi connectivity index (χ1v) is 5.02. The quantitative estimate of drug-likeness (QED) is 0.828. The van der Waals surface area contributed by atoms with Crippen LogP contribution < -0.4 is 15.2 Å². The van der Waals surface area contributed by atoms with Crippen LogP contribution in [0.3, 0.4) is 0 Å². The fraction of sp³-hybridized carbons (Fsp3) is 0.300. The molecule has 2 rings (SSSR count). The van der Waals surface area contributed by atoms with Crippen molar-refractivity contribution in [3.8, 4) is 11.5 Å². The molecule has 1 unspecified atom stereocenters. The molecule has 0 amide bonds. The van der Waals surface area contributed by atoms with Gasteiger partial charge in [-0.3, -0.25) is 4.79 Å². The zero-order chi connectivity index (χ0) is 11.7. The average Bonchev–Trinajstić information content (AvgIpc) is 2.65. The maximum atomic E-state index is 10.6. The van der Waals surface area contributed by atoms with Crippen molar-refractivity contribution in [3.63, 3.8) is 0 Å². The van der Waals surface area contributed by atoms with Gasteiger partial charge < -0.3 is 20.3 Å². The fourth-order valence-corrected chi connectivity index (χ4v) is 1.77. The minimum Gasteiger partial charge on any atom is -0.480 e. The van der Waals surface area contributed by atoms with Gasteiger partial charge in [0.2, 0.25) is 6.79 Å². The molecule has 0 aromatic heterocycles. The van der Waals surface area contributed by atoms with E-state index < -0.39 is 12.0 Å². The number of carboxylic acid groups (broad SMARTS) is 1. The highest BCUT2D eigenvalue weighted by molar-refractivity contribution is 6.32. The Morgan fingerprint density at radius 1 is 1.56 bits per heavy atom. The summed E-state index contributed by atoms with van der Waals surface area (Å²) in [6, 6.07) is 2.38. The van der Waals surface area contributed by atoms with Crippen molar-refractivity contribution >= 4 is 17.6 Å². The van der Waals surface area contributed by atoms with Gasteiger partial charge in [-0.1, -0.05) is 11.6 Å². The Morgan fingerprint density at radius 2 is 2.31 bits per heavy atom. The maximum Gasteiger partial charge on any atom is 0.320 e. The molecule has 0 radical (unpaired) electrons. The smallest absolute Gasteiger partial charge is 0.320 e. The standard InChI is InChI=1S/C10H10ClNO4/c11-6-1-5(2-7(12)10(13)14)3-8-9(6)16-4-15-8/h1,3,7H,2,4,12H2,(H,13,14). The first-order valence-electron chi connectivity index (χ1n) is 4.64. The number of benzene rings is 1. The molecular formula is C10H10ClNO4. The molecule has 0 aliphatic carbocycles. The van der Waals surface area contributed by atoms with Crippen molar-refractivity contribution < 1.29 is 19.4 Å². The fourth-order valence-electron chi connectivity index (χ4n) is 1.48. The van der Waals surface area contributed by atoms with Gasteiger partial charge in [0.05, 0.1) is 5.02 Å². The van der Waals surface area contributed by atoms with E-state index in [1.54, 1.807) is 12.1 Å². The van der Waals surface area contributed by atoms with E-state index in [-0.39, 0.29) is 13.2 Å². The molecule has 86 valence electrons. The lowest BCUT2D eigenvalue weighted by Crippen LogP contribution is -2.32. The van der Waals surface area contributed by atoms with E-state index >= 15 is 0 Å². The summed E-state index contributed by atoms with van der Waals surface area (Å²) in [5, 5.41) is 9.10. The zero-order valence-corrected chi connectivity index (χ0v) is 9.03. The van der Waals surface area contributed by atoms with Crippen LogP contribution in [0.4, 0.5) is 0 Å². The molecule has 1 aromatic carbocycles. The summed E-state index contributed by atoms with van der Waals surface area (Å²) < 4.78 is 10.3. The third-order valence-electron chi connectivity index (χ3n) is 2.26. The van der Waals surface area contributed by atoms with Gasteiger partial charge in [0.1, 0.15) is 6.04 Å². The van der Waals surface area contributed by atoms with Crippen LogP contribution in [0.25, 0.3) is 0 Å². The second-order valence-electron chi connectivity index (χ2n) is 3.46. The molecule has 1 atom stereocenters. The number of hydrogen-bond acceptors (Lipinski definition) is 4. The molecule has 16 heavy (non-hydrogen) atoms. The summed E-state index contributed by atoms with van der Waals surface area (Å²) in [6.45, 7) is 0.128. The van der Waals surface area contributed by atoms with E-state index in [4.69, 9.17) is 31.9 Å². The third kappa shape index (κ3) is 2.05. The van der Waals surface area contributed by atoms with E-state index in [1.165, 1.54) is 0 Å². The van der Waals surface area contributed by atoms with Gasteiger partial charge in [-0.25, -0.2) is 0 Å². The van der Waals surface area contributed by atoms with Crippen LogP contribution in [-0.2, 0) is 11.2 Å². The number of carbonyl (C=O) groups is 1. The Balaban J connectivity index is 2.23. The van der Waals surface area contributed by atoms with Gasteiger partial charge in [0.25, 0.3) is 0 Å². The number of halogens is 1. The highest BCUT2D eigenvalue weighted by Crippen LogP contribution is 2.39. The first kappa shape index (κ1) is 11.0.